The molecule has 3 aliphatic heterocycles. The Kier molecular flexibility index (Phi) is 8.56. The van der Waals surface area contributed by atoms with Crippen LogP contribution in [0.25, 0.3) is 16.3 Å². The molecule has 0 radical (unpaired) electrons. The first-order valence-electron chi connectivity index (χ1n) is 15.8. The average Bonchev–Trinajstić information content (AvgIpc) is 3.61. The van der Waals surface area contributed by atoms with Crippen LogP contribution in [-0.2, 0) is 22.4 Å². The van der Waals surface area contributed by atoms with Crippen LogP contribution in [0.2, 0.25) is 0 Å². The maximum atomic E-state index is 14.2. The van der Waals surface area contributed by atoms with Crippen molar-refractivity contribution < 1.29 is 19.0 Å². The van der Waals surface area contributed by atoms with E-state index in [1.807, 2.05) is 46.0 Å². The maximum absolute atomic E-state index is 14.2. The Labute approximate surface area is 268 Å². The third-order valence-corrected chi connectivity index (χ3v) is 10.0. The van der Waals surface area contributed by atoms with Crippen LogP contribution in [0.1, 0.15) is 93.2 Å². The Bertz CT molecular complexity index is 1750. The Balaban J connectivity index is 1.49. The number of hydrogen-bond donors (Lipinski definition) is 1. The second kappa shape index (κ2) is 12.3. The predicted molar refractivity (Wildman–Crippen MR) is 176 cm³/mol. The molecule has 7 rings (SSSR count). The molecule has 6 bridgehead atoms. The highest BCUT2D eigenvalue weighted by Crippen LogP contribution is 2.41. The lowest BCUT2D eigenvalue weighted by Crippen LogP contribution is -2.41. The highest BCUT2D eigenvalue weighted by atomic mass is 32.1. The van der Waals surface area contributed by atoms with Crippen LogP contribution < -0.4 is 4.90 Å². The van der Waals surface area contributed by atoms with Gasteiger partial charge in [0, 0.05) is 42.3 Å². The number of piperidine rings is 1. The van der Waals surface area contributed by atoms with Crippen LogP contribution in [0.4, 0.5) is 10.2 Å². The van der Waals surface area contributed by atoms with Crippen molar-refractivity contribution in [3.8, 4) is 10.7 Å². The summed E-state index contributed by atoms with van der Waals surface area (Å²) < 4.78 is 22.2. The summed E-state index contributed by atoms with van der Waals surface area (Å²) in [5.41, 5.74) is 4.08. The van der Waals surface area contributed by atoms with Gasteiger partial charge in [0.25, 0.3) is 0 Å². The summed E-state index contributed by atoms with van der Waals surface area (Å²) in [6, 6.07) is 7.00. The number of nitrogens with zero attached hydrogens (tertiary/aromatic N) is 5. The number of anilines is 1. The van der Waals surface area contributed by atoms with Gasteiger partial charge in [0.2, 0.25) is 0 Å². The second-order valence-corrected chi connectivity index (χ2v) is 14.9. The van der Waals surface area contributed by atoms with E-state index >= 15 is 0 Å². The molecule has 0 spiro atoms. The lowest BCUT2D eigenvalue weighted by molar-refractivity contribution is -0.160. The molecule has 0 amide bonds. The summed E-state index contributed by atoms with van der Waals surface area (Å²) in [4.78, 5) is 25.7. The molecule has 3 aliphatic rings. The number of aliphatic carboxylic acids is 1. The first kappa shape index (κ1) is 31.4. The number of allylic oxidation sites excluding steroid dienone is 2. The number of carbonyl (C=O) groups is 1. The van der Waals surface area contributed by atoms with E-state index < -0.39 is 17.7 Å². The van der Waals surface area contributed by atoms with Gasteiger partial charge >= 0.3 is 5.97 Å². The number of carboxylic acids is 1. The highest BCUT2D eigenvalue weighted by Gasteiger charge is 2.37. The molecule has 3 aromatic heterocycles. The summed E-state index contributed by atoms with van der Waals surface area (Å²) in [5.74, 6) is -0.538. The number of thiazole rings is 1. The van der Waals surface area contributed by atoms with Crippen molar-refractivity contribution in [3.63, 3.8) is 0 Å². The lowest BCUT2D eigenvalue weighted by Gasteiger charge is -2.41. The third kappa shape index (κ3) is 6.82. The molecule has 6 heterocycles. The summed E-state index contributed by atoms with van der Waals surface area (Å²) in [6.07, 6.45) is 11.5. The number of benzene rings is 1. The van der Waals surface area contributed by atoms with E-state index in [1.54, 1.807) is 21.9 Å². The summed E-state index contributed by atoms with van der Waals surface area (Å²) >= 11 is 1.56. The fourth-order valence-electron chi connectivity index (χ4n) is 6.53. The molecule has 1 unspecified atom stereocenters. The van der Waals surface area contributed by atoms with Crippen molar-refractivity contribution in [2.75, 3.05) is 18.0 Å². The summed E-state index contributed by atoms with van der Waals surface area (Å²) in [7, 11) is 0. The van der Waals surface area contributed by atoms with E-state index in [-0.39, 0.29) is 11.2 Å². The molecule has 1 N–H and O–H groups in total. The number of aromatic nitrogens is 4. The largest absolute Gasteiger partial charge is 0.479 e. The van der Waals surface area contributed by atoms with E-state index in [0.29, 0.717) is 29.0 Å². The molecular weight excluding hydrogens is 589 g/mol. The van der Waals surface area contributed by atoms with Crippen molar-refractivity contribution in [2.45, 2.75) is 91.3 Å². The van der Waals surface area contributed by atoms with Crippen LogP contribution in [-0.4, -0.2) is 49.3 Å². The smallest absolute Gasteiger partial charge is 0.337 e. The molecule has 8 nitrogen and oxygen atoms in total. The van der Waals surface area contributed by atoms with Gasteiger partial charge in [-0.25, -0.2) is 19.2 Å². The Hall–Kier alpha value is -3.63. The van der Waals surface area contributed by atoms with Crippen molar-refractivity contribution in [3.05, 3.63) is 75.7 Å². The zero-order valence-corrected chi connectivity index (χ0v) is 27.6. The molecule has 1 fully saturated rings. The minimum Gasteiger partial charge on any atom is -0.479 e. The van der Waals surface area contributed by atoms with Crippen LogP contribution >= 0.6 is 11.3 Å². The number of halogens is 1. The molecule has 10 heteroatoms. The van der Waals surface area contributed by atoms with Crippen molar-refractivity contribution in [1.29, 1.82) is 0 Å². The van der Waals surface area contributed by atoms with E-state index in [9.17, 15) is 14.3 Å². The Morgan fingerprint density at radius 2 is 1.87 bits per heavy atom. The first-order valence-corrected chi connectivity index (χ1v) is 16.6. The monoisotopic (exact) mass is 631 g/mol. The van der Waals surface area contributed by atoms with Gasteiger partial charge in [-0.05, 0) is 94.9 Å². The van der Waals surface area contributed by atoms with E-state index in [4.69, 9.17) is 19.8 Å². The molecule has 1 atom stereocenters. The summed E-state index contributed by atoms with van der Waals surface area (Å²) in [5, 5.41) is 16.2. The van der Waals surface area contributed by atoms with Crippen molar-refractivity contribution in [2.24, 2.45) is 5.41 Å². The number of aryl methyl sites for hydroxylation is 2. The van der Waals surface area contributed by atoms with Gasteiger partial charge in [-0.15, -0.1) is 11.3 Å². The molecule has 1 aromatic carbocycles. The van der Waals surface area contributed by atoms with Crippen molar-refractivity contribution >= 4 is 28.8 Å². The van der Waals surface area contributed by atoms with E-state index in [1.165, 1.54) is 6.07 Å². The number of fused-ring (bicyclic) bond motifs is 6. The molecule has 45 heavy (non-hydrogen) atoms. The van der Waals surface area contributed by atoms with Crippen LogP contribution in [0.5, 0.6) is 0 Å². The molecular formula is C35H42FN5O3S. The number of rotatable bonds is 3. The number of ether oxygens (including phenoxy) is 1. The Morgan fingerprint density at radius 3 is 2.60 bits per heavy atom. The number of carboxylic acid groups (broad SMARTS) is 1. The van der Waals surface area contributed by atoms with Gasteiger partial charge in [-0.2, -0.15) is 9.61 Å². The van der Waals surface area contributed by atoms with E-state index in [2.05, 4.69) is 24.0 Å². The molecule has 0 aliphatic carbocycles. The van der Waals surface area contributed by atoms with Crippen LogP contribution in [0, 0.1) is 18.2 Å². The minimum atomic E-state index is -1.20. The zero-order valence-electron chi connectivity index (χ0n) is 26.8. The second-order valence-electron chi connectivity index (χ2n) is 13.8. The standard InChI is InChI=1S/C35H42FN5O3S/c1-22-29(30(33(42)43)44-34(2,3)4)32-40-16-14-35(5,15-17-40)13-9-7-6-8-10-23-18-25(36)12-11-24(23)19-26-21-37-31(45-26)27-20-28(38-22)41(32)39-27/h6-7,11-12,18,20-21,30H,8-10,13-17,19H2,1-5H3,(H,42,43). The molecule has 1 saturated heterocycles. The van der Waals surface area contributed by atoms with Gasteiger partial charge in [0.15, 0.2) is 11.8 Å². The molecule has 0 saturated carbocycles. The van der Waals surface area contributed by atoms with Gasteiger partial charge in [-0.3, -0.25) is 0 Å². The minimum absolute atomic E-state index is 0.166. The van der Waals surface area contributed by atoms with Crippen LogP contribution in [0.15, 0.2) is 42.6 Å². The molecule has 238 valence electrons. The third-order valence-electron chi connectivity index (χ3n) is 9.00. The van der Waals surface area contributed by atoms with Gasteiger partial charge < -0.3 is 14.7 Å². The SMILES string of the molecule is Cc1nc2cc3nn2c(c1C(OC(C)(C)C)C(=O)O)N1CCC(C)(CCC=CCCc2cc(F)ccc2Cc2cnc-3s2)CC1. The first-order chi connectivity index (χ1) is 21.4. The predicted octanol–water partition coefficient (Wildman–Crippen LogP) is 7.72. The van der Waals surface area contributed by atoms with Gasteiger partial charge in [0.05, 0.1) is 11.2 Å². The van der Waals surface area contributed by atoms with Crippen molar-refractivity contribution in [1.82, 2.24) is 19.6 Å². The highest BCUT2D eigenvalue weighted by molar-refractivity contribution is 7.15. The topological polar surface area (TPSA) is 92.8 Å². The lowest BCUT2D eigenvalue weighted by atomic mass is 9.76. The normalized spacial score (nSPS) is 17.9. The maximum Gasteiger partial charge on any atom is 0.337 e. The fourth-order valence-corrected chi connectivity index (χ4v) is 7.42. The summed E-state index contributed by atoms with van der Waals surface area (Å²) in [6.45, 7) is 11.3. The van der Waals surface area contributed by atoms with Gasteiger partial charge in [-0.1, -0.05) is 25.1 Å². The number of hydrogen-bond acceptors (Lipinski definition) is 7. The van der Waals surface area contributed by atoms with Crippen LogP contribution in [0.3, 0.4) is 0 Å². The quantitative estimate of drug-likeness (QED) is 0.232. The fraction of sp³-hybridized carbons (Fsp3) is 0.486. The zero-order chi connectivity index (χ0) is 31.9. The molecule has 4 aromatic rings. The van der Waals surface area contributed by atoms with Gasteiger partial charge in [0.1, 0.15) is 22.3 Å². The average molecular weight is 632 g/mol. The Morgan fingerprint density at radius 1 is 1.11 bits per heavy atom. The van der Waals surface area contributed by atoms with E-state index in [0.717, 1.165) is 78.4 Å².